The van der Waals surface area contributed by atoms with Crippen molar-refractivity contribution < 1.29 is 28.6 Å². The van der Waals surface area contributed by atoms with Crippen LogP contribution in [-0.2, 0) is 28.6 Å². The lowest BCUT2D eigenvalue weighted by molar-refractivity contribution is -0.167. The van der Waals surface area contributed by atoms with Gasteiger partial charge in [-0.15, -0.1) is 0 Å². The zero-order valence-corrected chi connectivity index (χ0v) is 46.2. The van der Waals surface area contributed by atoms with Gasteiger partial charge in [-0.2, -0.15) is 0 Å². The third-order valence-corrected chi connectivity index (χ3v) is 12.2. The van der Waals surface area contributed by atoms with Crippen molar-refractivity contribution in [1.29, 1.82) is 0 Å². The minimum absolute atomic E-state index is 0.119. The van der Waals surface area contributed by atoms with Gasteiger partial charge in [-0.05, 0) is 122 Å². The highest BCUT2D eigenvalue weighted by molar-refractivity contribution is 5.71. The molecule has 0 amide bonds. The highest BCUT2D eigenvalue weighted by atomic mass is 16.6. The first-order valence-corrected chi connectivity index (χ1v) is 29.4. The molecule has 0 aliphatic rings. The summed E-state index contributed by atoms with van der Waals surface area (Å²) in [4.78, 5) is 38.2. The number of carbonyl (C=O) groups excluding carboxylic acids is 3. The Morgan fingerprint density at radius 2 is 0.521 bits per heavy atom. The van der Waals surface area contributed by atoms with Crippen molar-refractivity contribution in [3.63, 3.8) is 0 Å². The molecule has 0 unspecified atom stereocenters. The summed E-state index contributed by atoms with van der Waals surface area (Å²) < 4.78 is 16.8. The Balaban J connectivity index is 4.54. The van der Waals surface area contributed by atoms with E-state index < -0.39 is 6.10 Å². The topological polar surface area (TPSA) is 78.9 Å². The first-order valence-electron chi connectivity index (χ1n) is 29.4. The van der Waals surface area contributed by atoms with Gasteiger partial charge in [-0.25, -0.2) is 0 Å². The molecule has 0 radical (unpaired) electrons. The molecule has 0 saturated heterocycles. The van der Waals surface area contributed by atoms with E-state index in [2.05, 4.69) is 130 Å². The second kappa shape index (κ2) is 58.6. The molecule has 6 heteroatoms. The molecule has 0 aliphatic heterocycles. The second-order valence-corrected chi connectivity index (χ2v) is 19.2. The number of hydrogen-bond donors (Lipinski definition) is 0. The molecular formula is C65H108O6. The number of hydrogen-bond acceptors (Lipinski definition) is 6. The summed E-state index contributed by atoms with van der Waals surface area (Å²) in [6.45, 7) is 6.49. The highest BCUT2D eigenvalue weighted by Gasteiger charge is 2.19. The third-order valence-electron chi connectivity index (χ3n) is 12.2. The molecule has 0 fully saturated rings. The summed E-state index contributed by atoms with van der Waals surface area (Å²) in [5, 5.41) is 0. The number of ether oxygens (including phenoxy) is 3. The molecule has 1 atom stereocenters. The zero-order valence-electron chi connectivity index (χ0n) is 46.2. The lowest BCUT2D eigenvalue weighted by atomic mass is 10.1. The maximum Gasteiger partial charge on any atom is 0.306 e. The van der Waals surface area contributed by atoms with Gasteiger partial charge < -0.3 is 14.2 Å². The minimum Gasteiger partial charge on any atom is -0.462 e. The lowest BCUT2D eigenvalue weighted by Gasteiger charge is -2.18. The number of rotatable bonds is 52. The van der Waals surface area contributed by atoms with Gasteiger partial charge in [-0.3, -0.25) is 14.4 Å². The molecule has 0 saturated carbocycles. The molecule has 404 valence electrons. The van der Waals surface area contributed by atoms with E-state index in [1.165, 1.54) is 141 Å². The van der Waals surface area contributed by atoms with Gasteiger partial charge >= 0.3 is 17.9 Å². The number of carbonyl (C=O) groups is 3. The van der Waals surface area contributed by atoms with Crippen LogP contribution < -0.4 is 0 Å². The molecule has 0 rings (SSSR count). The Morgan fingerprint density at radius 3 is 0.873 bits per heavy atom. The fourth-order valence-electron chi connectivity index (χ4n) is 7.77. The van der Waals surface area contributed by atoms with Gasteiger partial charge in [-0.1, -0.05) is 233 Å². The van der Waals surface area contributed by atoms with Crippen molar-refractivity contribution in [1.82, 2.24) is 0 Å². The van der Waals surface area contributed by atoms with Crippen molar-refractivity contribution >= 4 is 17.9 Å². The molecule has 0 aromatic heterocycles. The number of unbranched alkanes of at least 4 members (excludes halogenated alkanes) is 23. The predicted octanol–water partition coefficient (Wildman–Crippen LogP) is 19.9. The van der Waals surface area contributed by atoms with Crippen LogP contribution in [0, 0.1) is 0 Å². The van der Waals surface area contributed by atoms with E-state index in [1.807, 2.05) is 0 Å². The average molecular weight is 986 g/mol. The number of allylic oxidation sites excluding steroid dienone is 18. The molecule has 0 aliphatic carbocycles. The van der Waals surface area contributed by atoms with Gasteiger partial charge in [0.2, 0.25) is 0 Å². The molecular weight excluding hydrogens is 877 g/mol. The van der Waals surface area contributed by atoms with Crippen LogP contribution in [0.1, 0.15) is 265 Å². The van der Waals surface area contributed by atoms with Crippen LogP contribution in [0.15, 0.2) is 109 Å². The molecule has 0 bridgehead atoms. The maximum atomic E-state index is 12.8. The molecule has 0 aromatic rings. The van der Waals surface area contributed by atoms with Gasteiger partial charge in [0, 0.05) is 19.3 Å². The van der Waals surface area contributed by atoms with Gasteiger partial charge in [0.15, 0.2) is 6.10 Å². The standard InChI is InChI=1S/C65H108O6/c1-4-7-10-13-16-19-22-25-28-31-32-35-37-40-43-46-49-52-55-58-64(67)70-61-62(71-65(68)59-56-53-50-47-44-41-38-34-30-27-24-21-18-15-12-9-6-3)60-69-63(66)57-54-51-48-45-42-39-36-33-29-26-23-20-17-14-11-8-5-2/h16,18-19,21,25-30,36,38-39,41,45,47-48,50,62H,4-15,17,20,22-24,31-35,37,40,42-44,46,49,51-61H2,1-3H3/b19-16-,21-18-,28-25-,29-26-,30-27-,39-36-,41-38-,48-45-,50-47-/t62-/m0/s1. The van der Waals surface area contributed by atoms with E-state index in [1.54, 1.807) is 0 Å². The fraction of sp³-hybridized carbons (Fsp3) is 0.677. The zero-order chi connectivity index (χ0) is 51.4. The summed E-state index contributed by atoms with van der Waals surface area (Å²) in [6, 6.07) is 0. The van der Waals surface area contributed by atoms with E-state index in [0.29, 0.717) is 19.3 Å². The molecule has 0 spiro atoms. The van der Waals surface area contributed by atoms with Crippen molar-refractivity contribution in [2.24, 2.45) is 0 Å². The third kappa shape index (κ3) is 56.9. The summed E-state index contributed by atoms with van der Waals surface area (Å²) in [5.41, 5.74) is 0. The van der Waals surface area contributed by atoms with Crippen molar-refractivity contribution in [2.45, 2.75) is 271 Å². The van der Waals surface area contributed by atoms with E-state index >= 15 is 0 Å². The molecule has 6 nitrogen and oxygen atoms in total. The summed E-state index contributed by atoms with van der Waals surface area (Å²) >= 11 is 0. The normalized spacial score (nSPS) is 12.9. The van der Waals surface area contributed by atoms with Gasteiger partial charge in [0.1, 0.15) is 13.2 Å². The van der Waals surface area contributed by atoms with Crippen LogP contribution in [0.2, 0.25) is 0 Å². The molecule has 0 N–H and O–H groups in total. The first kappa shape index (κ1) is 67.1. The summed E-state index contributed by atoms with van der Waals surface area (Å²) in [6.07, 6.45) is 79.4. The van der Waals surface area contributed by atoms with Gasteiger partial charge in [0.25, 0.3) is 0 Å². The van der Waals surface area contributed by atoms with Gasteiger partial charge in [0.05, 0.1) is 0 Å². The quantitative estimate of drug-likeness (QED) is 0.0261. The van der Waals surface area contributed by atoms with Crippen molar-refractivity contribution in [3.8, 4) is 0 Å². The Morgan fingerprint density at radius 1 is 0.282 bits per heavy atom. The summed E-state index contributed by atoms with van der Waals surface area (Å²) in [7, 11) is 0. The van der Waals surface area contributed by atoms with Crippen LogP contribution in [0.4, 0.5) is 0 Å². The Hall–Kier alpha value is -3.93. The van der Waals surface area contributed by atoms with Crippen molar-refractivity contribution in [3.05, 3.63) is 109 Å². The highest BCUT2D eigenvalue weighted by Crippen LogP contribution is 2.14. The Kier molecular flexibility index (Phi) is 55.4. The van der Waals surface area contributed by atoms with Crippen LogP contribution in [0.3, 0.4) is 0 Å². The monoisotopic (exact) mass is 985 g/mol. The lowest BCUT2D eigenvalue weighted by Crippen LogP contribution is -2.30. The van der Waals surface area contributed by atoms with E-state index in [9.17, 15) is 14.4 Å². The van der Waals surface area contributed by atoms with E-state index in [-0.39, 0.29) is 44.0 Å². The van der Waals surface area contributed by atoms with Crippen LogP contribution in [0.5, 0.6) is 0 Å². The first-order chi connectivity index (χ1) is 35.0. The number of esters is 3. The van der Waals surface area contributed by atoms with Crippen LogP contribution in [-0.4, -0.2) is 37.2 Å². The van der Waals surface area contributed by atoms with Crippen LogP contribution >= 0.6 is 0 Å². The predicted molar refractivity (Wildman–Crippen MR) is 307 cm³/mol. The largest absolute Gasteiger partial charge is 0.462 e. The maximum absolute atomic E-state index is 12.8. The summed E-state index contributed by atoms with van der Waals surface area (Å²) in [5.74, 6) is -1.03. The smallest absolute Gasteiger partial charge is 0.306 e. The fourth-order valence-corrected chi connectivity index (χ4v) is 7.77. The molecule has 0 heterocycles. The van der Waals surface area contributed by atoms with Crippen molar-refractivity contribution in [2.75, 3.05) is 13.2 Å². The second-order valence-electron chi connectivity index (χ2n) is 19.2. The molecule has 0 aromatic carbocycles. The Labute approximate surface area is 438 Å². The SMILES string of the molecule is CCCCC/C=C\C/C=C\C/C=C\C/C=C\CCCC(=O)O[C@@H](COC(=O)CCC/C=C\C/C=C\C/C=C\CCCCCCCC)COC(=O)CCCCCCCCCCC/C=C\C/C=C\CCCCC. The Bertz CT molecular complexity index is 1460. The van der Waals surface area contributed by atoms with E-state index in [4.69, 9.17) is 14.2 Å². The average Bonchev–Trinajstić information content (AvgIpc) is 3.37. The van der Waals surface area contributed by atoms with E-state index in [0.717, 1.165) is 70.6 Å². The molecule has 71 heavy (non-hydrogen) atoms. The minimum atomic E-state index is -0.831. The van der Waals surface area contributed by atoms with Crippen LogP contribution in [0.25, 0.3) is 0 Å².